The van der Waals surface area contributed by atoms with Crippen molar-refractivity contribution < 1.29 is 52.6 Å². The van der Waals surface area contributed by atoms with Crippen LogP contribution in [-0.4, -0.2) is 112 Å². The normalized spacial score (nSPS) is 26.8. The van der Waals surface area contributed by atoms with Crippen LogP contribution in [0.2, 0.25) is 5.28 Å². The number of halogens is 1. The predicted molar refractivity (Wildman–Crippen MR) is 157 cm³/mol. The summed E-state index contributed by atoms with van der Waals surface area (Å²) in [5, 5.41) is 26.5. The molecular formula is C24H35ClN7O11PS. The molecule has 1 saturated heterocycles. The number of aliphatic hydroxyl groups excluding tert-OH is 2. The second-order valence-corrected chi connectivity index (χ2v) is 15.5. The van der Waals surface area contributed by atoms with Crippen LogP contribution in [0.4, 0.5) is 5.82 Å². The van der Waals surface area contributed by atoms with Gasteiger partial charge >= 0.3 is 13.5 Å². The number of nitrogens with one attached hydrogen (secondary N) is 2. The molecule has 21 heteroatoms. The fraction of sp³-hybridized carbons (Fsp3) is 0.708. The van der Waals surface area contributed by atoms with E-state index >= 15 is 0 Å². The quantitative estimate of drug-likeness (QED) is 0.127. The Morgan fingerprint density at radius 2 is 1.91 bits per heavy atom. The van der Waals surface area contributed by atoms with Gasteiger partial charge in [-0.1, -0.05) is 12.8 Å². The highest BCUT2D eigenvalue weighted by Gasteiger charge is 2.57. The summed E-state index contributed by atoms with van der Waals surface area (Å²) >= 11 is 6.19. The predicted octanol–water partition coefficient (Wildman–Crippen LogP) is 0.0560. The number of methoxy groups -OCH3 is 1. The van der Waals surface area contributed by atoms with Crippen molar-refractivity contribution in [2.45, 2.75) is 74.4 Å². The van der Waals surface area contributed by atoms with E-state index in [1.165, 1.54) is 10.9 Å². The molecule has 0 aromatic carbocycles. The Morgan fingerprint density at radius 1 is 1.22 bits per heavy atom. The molecule has 18 nitrogen and oxygen atoms in total. The third kappa shape index (κ3) is 7.17. The number of ether oxygens (including phenoxy) is 3. The summed E-state index contributed by atoms with van der Waals surface area (Å²) in [6.45, 7) is -1.91. The van der Waals surface area contributed by atoms with E-state index in [-0.39, 0.29) is 22.9 Å². The fourth-order valence-corrected chi connectivity index (χ4v) is 7.39. The first kappa shape index (κ1) is 34.0. The number of amides is 2. The molecule has 45 heavy (non-hydrogen) atoms. The Bertz CT molecular complexity index is 1620. The summed E-state index contributed by atoms with van der Waals surface area (Å²) < 4.78 is 48.4. The Balaban J connectivity index is 1.38. The highest BCUT2D eigenvalue weighted by Crippen LogP contribution is 2.53. The van der Waals surface area contributed by atoms with Crippen LogP contribution in [0.15, 0.2) is 10.6 Å². The van der Waals surface area contributed by atoms with Gasteiger partial charge in [0.15, 0.2) is 11.9 Å². The fourth-order valence-electron chi connectivity index (χ4n) is 5.27. The summed E-state index contributed by atoms with van der Waals surface area (Å²) in [6, 6.07) is 0.186. The van der Waals surface area contributed by atoms with E-state index in [1.807, 2.05) is 0 Å². The summed E-state index contributed by atoms with van der Waals surface area (Å²) in [5.74, 6) is -2.24. The van der Waals surface area contributed by atoms with Crippen LogP contribution in [0, 0.1) is 5.92 Å². The Kier molecular flexibility index (Phi) is 9.87. The highest BCUT2D eigenvalue weighted by molar-refractivity contribution is 7.91. The SMILES string of the molecule is COC[C@@](OC[C@H]1O[C@@H](n2ncc3c(NC4CCCC4)nc(Cl)nc32)[C@H](O)[C@@H]1O)(C(=O)N=S(C)(=O)NC(=O)C1CC1)P(=O)(O)O. The minimum absolute atomic E-state index is 0.105. The molecule has 3 fully saturated rings. The van der Waals surface area contributed by atoms with Gasteiger partial charge in [0.05, 0.1) is 24.8 Å². The second kappa shape index (κ2) is 13.1. The smallest absolute Gasteiger partial charge is 0.369 e. The van der Waals surface area contributed by atoms with Gasteiger partial charge in [0.25, 0.3) is 5.34 Å². The number of hydrogen-bond donors (Lipinski definition) is 6. The lowest BCUT2D eigenvalue weighted by molar-refractivity contribution is -0.149. The minimum Gasteiger partial charge on any atom is -0.387 e. The lowest BCUT2D eigenvalue weighted by atomic mass is 10.1. The van der Waals surface area contributed by atoms with Gasteiger partial charge in [-0.3, -0.25) is 18.9 Å². The second-order valence-electron chi connectivity index (χ2n) is 11.4. The molecular weight excluding hydrogens is 661 g/mol. The van der Waals surface area contributed by atoms with Gasteiger partial charge in [0, 0.05) is 25.3 Å². The first-order chi connectivity index (χ1) is 21.2. The number of rotatable bonds is 12. The molecule has 2 aliphatic carbocycles. The van der Waals surface area contributed by atoms with Crippen LogP contribution in [0.3, 0.4) is 0 Å². The maximum absolute atomic E-state index is 13.2. The third-order valence-electron chi connectivity index (χ3n) is 7.83. The molecule has 3 aliphatic rings. The molecule has 0 spiro atoms. The van der Waals surface area contributed by atoms with Crippen molar-refractivity contribution in [3.8, 4) is 0 Å². The van der Waals surface area contributed by atoms with Crippen molar-refractivity contribution in [3.63, 3.8) is 0 Å². The van der Waals surface area contributed by atoms with Crippen LogP contribution in [0.25, 0.3) is 11.0 Å². The van der Waals surface area contributed by atoms with E-state index in [9.17, 15) is 38.4 Å². The summed E-state index contributed by atoms with van der Waals surface area (Å²) in [7, 11) is -8.36. The molecule has 2 aromatic rings. The molecule has 0 bridgehead atoms. The van der Waals surface area contributed by atoms with Gasteiger partial charge in [-0.25, -0.2) is 8.89 Å². The van der Waals surface area contributed by atoms with Crippen LogP contribution in [0.1, 0.15) is 44.8 Å². The molecule has 2 amide bonds. The van der Waals surface area contributed by atoms with Crippen molar-refractivity contribution in [2.75, 3.05) is 31.9 Å². The van der Waals surface area contributed by atoms with Crippen molar-refractivity contribution >= 4 is 57.8 Å². The molecule has 1 unspecified atom stereocenters. The third-order valence-corrected chi connectivity index (χ3v) is 10.5. The van der Waals surface area contributed by atoms with Crippen LogP contribution >= 0.6 is 19.2 Å². The molecule has 6 atom stereocenters. The number of carbonyl (C=O) groups is 2. The van der Waals surface area contributed by atoms with Gasteiger partial charge < -0.3 is 39.5 Å². The summed E-state index contributed by atoms with van der Waals surface area (Å²) in [4.78, 5) is 54.2. The maximum Gasteiger partial charge on any atom is 0.369 e. The average molecular weight is 696 g/mol. The Labute approximate surface area is 262 Å². The van der Waals surface area contributed by atoms with Crippen LogP contribution in [-0.2, 0) is 38.3 Å². The van der Waals surface area contributed by atoms with E-state index in [0.29, 0.717) is 24.0 Å². The molecule has 0 radical (unpaired) electrons. The van der Waals surface area contributed by atoms with Gasteiger partial charge in [-0.15, -0.1) is 4.36 Å². The number of fused-ring (bicyclic) bond motifs is 1. The zero-order valence-electron chi connectivity index (χ0n) is 24.3. The number of hydrogen-bond acceptors (Lipinski definition) is 13. The van der Waals surface area contributed by atoms with Crippen molar-refractivity contribution in [2.24, 2.45) is 10.3 Å². The Morgan fingerprint density at radius 3 is 2.53 bits per heavy atom. The lowest BCUT2D eigenvalue weighted by Crippen LogP contribution is -2.48. The molecule has 3 heterocycles. The summed E-state index contributed by atoms with van der Waals surface area (Å²) in [5.41, 5.74) is 0.178. The number of aromatic nitrogens is 4. The standard InChI is InChI=1S/C24H35ClN7O11PS/c1-41-11-24(44(37,38)39,22(36)31-45(2,40)30-20(35)12-7-8-12)42-10-15-16(33)17(34)21(43-15)32-19-14(9-26-32)18(28-23(25)29-19)27-13-5-3-4-6-13/h9,12-13,15-17,21,33-34H,3-8,10-11H2,1-2H3,(H,27,28,29)(H2,37,38,39)(H,30,31,35,36,40)/t15-,16-,17-,21-,24+,45?/m1/s1. The van der Waals surface area contributed by atoms with E-state index in [1.54, 1.807) is 0 Å². The van der Waals surface area contributed by atoms with Crippen LogP contribution < -0.4 is 10.0 Å². The topological polar surface area (TPSA) is 257 Å². The van der Waals surface area contributed by atoms with Gasteiger partial charge in [0.1, 0.15) is 34.0 Å². The zero-order chi connectivity index (χ0) is 32.7. The zero-order valence-corrected chi connectivity index (χ0v) is 26.8. The highest BCUT2D eigenvalue weighted by atomic mass is 35.5. The number of nitrogens with zero attached hydrogens (tertiary/aromatic N) is 5. The average Bonchev–Trinajstić information content (AvgIpc) is 3.42. The van der Waals surface area contributed by atoms with Crippen LogP contribution in [0.5, 0.6) is 0 Å². The van der Waals surface area contributed by atoms with Crippen molar-refractivity contribution in [1.29, 1.82) is 0 Å². The van der Waals surface area contributed by atoms with E-state index in [0.717, 1.165) is 39.0 Å². The summed E-state index contributed by atoms with van der Waals surface area (Å²) in [6.07, 6.45) is 1.39. The largest absolute Gasteiger partial charge is 0.387 e. The van der Waals surface area contributed by atoms with E-state index in [4.69, 9.17) is 25.8 Å². The first-order valence-corrected chi connectivity index (χ1v) is 18.0. The molecule has 6 N–H and O–H groups in total. The maximum atomic E-state index is 13.2. The first-order valence-electron chi connectivity index (χ1n) is 14.1. The van der Waals surface area contributed by atoms with Gasteiger partial charge in [0.2, 0.25) is 11.2 Å². The van der Waals surface area contributed by atoms with Crippen molar-refractivity contribution in [1.82, 2.24) is 24.5 Å². The van der Waals surface area contributed by atoms with E-state index < -0.39 is 72.4 Å². The van der Waals surface area contributed by atoms with Crippen molar-refractivity contribution in [3.05, 3.63) is 11.5 Å². The molecule has 2 aromatic heterocycles. The van der Waals surface area contributed by atoms with Gasteiger partial charge in [-0.05, 0) is 37.3 Å². The number of aliphatic hydroxyl groups is 2. The van der Waals surface area contributed by atoms with E-state index in [2.05, 4.69) is 29.5 Å². The molecule has 5 rings (SSSR count). The monoisotopic (exact) mass is 695 g/mol. The Hall–Kier alpha value is -2.32. The molecule has 1 aliphatic heterocycles. The number of anilines is 1. The molecule has 2 saturated carbocycles. The number of carbonyl (C=O) groups excluding carboxylic acids is 2. The minimum atomic E-state index is -5.60. The lowest BCUT2D eigenvalue weighted by Gasteiger charge is -2.31. The van der Waals surface area contributed by atoms with Gasteiger partial charge in [-0.2, -0.15) is 15.1 Å². The molecule has 250 valence electrons.